The Morgan fingerprint density at radius 2 is 1.81 bits per heavy atom. The number of nitrogens with one attached hydrogen (secondary N) is 1. The minimum absolute atomic E-state index is 0.223. The molecule has 1 fully saturated rings. The Morgan fingerprint density at radius 1 is 1.03 bits per heavy atom. The van der Waals surface area contributed by atoms with E-state index < -0.39 is 5.60 Å². The van der Waals surface area contributed by atoms with Gasteiger partial charge in [-0.2, -0.15) is 0 Å². The summed E-state index contributed by atoms with van der Waals surface area (Å²) in [6.45, 7) is 4.99. The van der Waals surface area contributed by atoms with Crippen LogP contribution >= 0.6 is 0 Å². The lowest BCUT2D eigenvalue weighted by Crippen LogP contribution is -2.42. The van der Waals surface area contributed by atoms with Crippen LogP contribution in [0.5, 0.6) is 0 Å². The monoisotopic (exact) mass is 486 g/mol. The maximum absolute atomic E-state index is 13.3. The Hall–Kier alpha value is -3.48. The van der Waals surface area contributed by atoms with Gasteiger partial charge in [0.05, 0.1) is 5.60 Å². The number of aliphatic hydroxyl groups is 1. The van der Waals surface area contributed by atoms with Crippen molar-refractivity contribution in [2.45, 2.75) is 38.3 Å². The van der Waals surface area contributed by atoms with Crippen LogP contribution in [-0.2, 0) is 18.6 Å². The number of nitrogens with zero attached hydrogens (tertiary/aromatic N) is 1. The standard InChI is InChI=1S/C30H31FN2O3/c1-21-4-2-6-23(16-21)20-33-14-11-30(35,12-15-33)25-8-9-27-24(18-25)19-28(36-27)29(34)32-13-10-22-5-3-7-26(31)17-22/h2-9,16-19,35H,10-15,20H2,1H3,(H,32,34). The second kappa shape index (κ2) is 10.2. The Labute approximate surface area is 210 Å². The van der Waals surface area contributed by atoms with Gasteiger partial charge in [-0.05, 0) is 73.2 Å². The van der Waals surface area contributed by atoms with Gasteiger partial charge in [-0.3, -0.25) is 9.69 Å². The molecule has 0 bridgehead atoms. The lowest BCUT2D eigenvalue weighted by molar-refractivity contribution is -0.0276. The molecule has 4 aromatic rings. The van der Waals surface area contributed by atoms with Gasteiger partial charge < -0.3 is 14.8 Å². The van der Waals surface area contributed by atoms with E-state index in [1.807, 2.05) is 24.3 Å². The number of piperidine rings is 1. The van der Waals surface area contributed by atoms with Gasteiger partial charge in [-0.25, -0.2) is 4.39 Å². The van der Waals surface area contributed by atoms with Crippen molar-refractivity contribution in [1.29, 1.82) is 0 Å². The van der Waals surface area contributed by atoms with Crippen LogP contribution in [0.3, 0.4) is 0 Å². The first-order valence-electron chi connectivity index (χ1n) is 12.4. The van der Waals surface area contributed by atoms with E-state index in [-0.39, 0.29) is 17.5 Å². The number of hydrogen-bond acceptors (Lipinski definition) is 4. The van der Waals surface area contributed by atoms with Crippen LogP contribution in [0.4, 0.5) is 4.39 Å². The van der Waals surface area contributed by atoms with Crippen LogP contribution < -0.4 is 5.32 Å². The summed E-state index contributed by atoms with van der Waals surface area (Å²) in [5.41, 5.74) is 3.93. The maximum atomic E-state index is 13.3. The third-order valence-electron chi connectivity index (χ3n) is 7.04. The Balaban J connectivity index is 1.20. The molecule has 5 rings (SSSR count). The third kappa shape index (κ3) is 5.50. The maximum Gasteiger partial charge on any atom is 0.287 e. The molecule has 0 atom stereocenters. The van der Waals surface area contributed by atoms with Crippen molar-refractivity contribution in [3.05, 3.63) is 107 Å². The van der Waals surface area contributed by atoms with Gasteiger partial charge in [0.25, 0.3) is 5.91 Å². The molecule has 2 N–H and O–H groups in total. The molecule has 1 amide bonds. The molecule has 6 heteroatoms. The van der Waals surface area contributed by atoms with E-state index in [0.29, 0.717) is 31.4 Å². The van der Waals surface area contributed by atoms with Crippen LogP contribution in [-0.4, -0.2) is 35.5 Å². The number of furan rings is 1. The molecule has 3 aromatic carbocycles. The van der Waals surface area contributed by atoms with Gasteiger partial charge >= 0.3 is 0 Å². The molecule has 36 heavy (non-hydrogen) atoms. The number of rotatable bonds is 7. The van der Waals surface area contributed by atoms with E-state index in [0.717, 1.165) is 36.1 Å². The van der Waals surface area contributed by atoms with Crippen molar-refractivity contribution in [2.75, 3.05) is 19.6 Å². The number of hydrogen-bond donors (Lipinski definition) is 2. The first-order valence-corrected chi connectivity index (χ1v) is 12.4. The molecule has 186 valence electrons. The smallest absolute Gasteiger partial charge is 0.287 e. The van der Waals surface area contributed by atoms with Gasteiger partial charge in [0, 0.05) is 31.6 Å². The van der Waals surface area contributed by atoms with E-state index in [1.54, 1.807) is 12.1 Å². The third-order valence-corrected chi connectivity index (χ3v) is 7.04. The number of fused-ring (bicyclic) bond motifs is 1. The zero-order chi connectivity index (χ0) is 25.1. The fraction of sp³-hybridized carbons (Fsp3) is 0.300. The Morgan fingerprint density at radius 3 is 2.58 bits per heavy atom. The lowest BCUT2D eigenvalue weighted by Gasteiger charge is -2.38. The van der Waals surface area contributed by atoms with Crippen molar-refractivity contribution in [3.63, 3.8) is 0 Å². The Bertz CT molecular complexity index is 1370. The lowest BCUT2D eigenvalue weighted by atomic mass is 9.84. The SMILES string of the molecule is Cc1cccc(CN2CCC(O)(c3ccc4oc(C(=O)NCCc5cccc(F)c5)cc4c3)CC2)c1. The number of carbonyl (C=O) groups excluding carboxylic acids is 1. The number of aryl methyl sites for hydroxylation is 1. The molecule has 0 unspecified atom stereocenters. The van der Waals surface area contributed by atoms with Gasteiger partial charge in [0.2, 0.25) is 0 Å². The van der Waals surface area contributed by atoms with E-state index >= 15 is 0 Å². The van der Waals surface area contributed by atoms with Crippen molar-refractivity contribution in [2.24, 2.45) is 0 Å². The zero-order valence-corrected chi connectivity index (χ0v) is 20.5. The van der Waals surface area contributed by atoms with Gasteiger partial charge in [-0.1, -0.05) is 48.0 Å². The summed E-state index contributed by atoms with van der Waals surface area (Å²) in [6, 6.07) is 22.3. The van der Waals surface area contributed by atoms with Crippen molar-refractivity contribution >= 4 is 16.9 Å². The summed E-state index contributed by atoms with van der Waals surface area (Å²) in [4.78, 5) is 15.0. The van der Waals surface area contributed by atoms with Crippen LogP contribution in [0.2, 0.25) is 0 Å². The van der Waals surface area contributed by atoms with E-state index in [1.165, 1.54) is 23.3 Å². The molecule has 0 saturated carbocycles. The first-order chi connectivity index (χ1) is 17.4. The average molecular weight is 487 g/mol. The largest absolute Gasteiger partial charge is 0.451 e. The first kappa shape index (κ1) is 24.2. The molecular weight excluding hydrogens is 455 g/mol. The Kier molecular flexibility index (Phi) is 6.90. The van der Waals surface area contributed by atoms with Crippen LogP contribution in [0.1, 0.15) is 45.7 Å². The molecule has 0 aliphatic carbocycles. The average Bonchev–Trinajstić information content (AvgIpc) is 3.29. The molecule has 1 aliphatic heterocycles. The van der Waals surface area contributed by atoms with Crippen molar-refractivity contribution in [1.82, 2.24) is 10.2 Å². The topological polar surface area (TPSA) is 65.7 Å². The summed E-state index contributed by atoms with van der Waals surface area (Å²) in [5, 5.41) is 15.0. The van der Waals surface area contributed by atoms with Crippen LogP contribution in [0.15, 0.2) is 77.2 Å². The highest BCUT2D eigenvalue weighted by atomic mass is 19.1. The molecule has 1 aromatic heterocycles. The summed E-state index contributed by atoms with van der Waals surface area (Å²) in [5.74, 6) is -0.376. The fourth-order valence-corrected chi connectivity index (χ4v) is 4.98. The van der Waals surface area contributed by atoms with E-state index in [2.05, 4.69) is 41.4 Å². The second-order valence-corrected chi connectivity index (χ2v) is 9.80. The van der Waals surface area contributed by atoms with E-state index in [4.69, 9.17) is 4.42 Å². The number of benzene rings is 3. The normalized spacial score (nSPS) is 15.8. The highest BCUT2D eigenvalue weighted by Gasteiger charge is 2.34. The molecular formula is C30H31FN2O3. The van der Waals surface area contributed by atoms with Gasteiger partial charge in [0.15, 0.2) is 5.76 Å². The molecule has 5 nitrogen and oxygen atoms in total. The van der Waals surface area contributed by atoms with Crippen molar-refractivity contribution in [3.8, 4) is 0 Å². The quantitative estimate of drug-likeness (QED) is 0.370. The number of carbonyl (C=O) groups is 1. The second-order valence-electron chi connectivity index (χ2n) is 9.80. The van der Waals surface area contributed by atoms with Gasteiger partial charge in [0.1, 0.15) is 11.4 Å². The summed E-state index contributed by atoms with van der Waals surface area (Å²) < 4.78 is 19.1. The van der Waals surface area contributed by atoms with Crippen molar-refractivity contribution < 1.29 is 18.7 Å². The predicted octanol–water partition coefficient (Wildman–Crippen LogP) is 5.34. The minimum Gasteiger partial charge on any atom is -0.451 e. The highest BCUT2D eigenvalue weighted by molar-refractivity contribution is 5.96. The van der Waals surface area contributed by atoms with Crippen LogP contribution in [0.25, 0.3) is 11.0 Å². The van der Waals surface area contributed by atoms with Gasteiger partial charge in [-0.15, -0.1) is 0 Å². The number of halogens is 1. The molecule has 0 spiro atoms. The summed E-state index contributed by atoms with van der Waals surface area (Å²) in [6.07, 6.45) is 1.83. The highest BCUT2D eigenvalue weighted by Crippen LogP contribution is 2.35. The zero-order valence-electron chi connectivity index (χ0n) is 20.5. The minimum atomic E-state index is -0.901. The predicted molar refractivity (Wildman–Crippen MR) is 138 cm³/mol. The fourth-order valence-electron chi connectivity index (χ4n) is 4.98. The van der Waals surface area contributed by atoms with Crippen LogP contribution in [0, 0.1) is 12.7 Å². The molecule has 1 aliphatic rings. The van der Waals surface area contributed by atoms with E-state index in [9.17, 15) is 14.3 Å². The molecule has 2 heterocycles. The molecule has 1 saturated heterocycles. The number of likely N-dealkylation sites (tertiary alicyclic amines) is 1. The number of amides is 1. The summed E-state index contributed by atoms with van der Waals surface area (Å²) >= 11 is 0. The summed E-state index contributed by atoms with van der Waals surface area (Å²) in [7, 11) is 0. The molecule has 0 radical (unpaired) electrons.